The van der Waals surface area contributed by atoms with Crippen molar-refractivity contribution in [1.82, 2.24) is 4.90 Å². The molecule has 0 bridgehead atoms. The minimum Gasteiger partial charge on any atom is -0.385 e. The van der Waals surface area contributed by atoms with Gasteiger partial charge in [0.05, 0.1) is 5.92 Å². The lowest BCUT2D eigenvalue weighted by molar-refractivity contribution is -0.129. The van der Waals surface area contributed by atoms with E-state index in [4.69, 9.17) is 16.2 Å². The molecule has 1 heterocycles. The zero-order valence-electron chi connectivity index (χ0n) is 8.10. The number of amides is 3. The minimum atomic E-state index is -0.511. The summed E-state index contributed by atoms with van der Waals surface area (Å²) < 4.78 is 4.87. The standard InChI is InChI=1S/C8H15N3O3/c1-14-3-2-6-5(7(9)12)4-11(6)8(10)13/h5-6H,2-4H2,1H3,(H2,9,12)(H2,10,13). The summed E-state index contributed by atoms with van der Waals surface area (Å²) in [4.78, 5) is 23.2. The molecule has 1 fully saturated rings. The predicted octanol–water partition coefficient (Wildman–Crippen LogP) is -1.11. The maximum Gasteiger partial charge on any atom is 0.315 e. The van der Waals surface area contributed by atoms with Crippen molar-refractivity contribution in [1.29, 1.82) is 0 Å². The van der Waals surface area contributed by atoms with Crippen molar-refractivity contribution in [3.63, 3.8) is 0 Å². The minimum absolute atomic E-state index is 0.190. The Kier molecular flexibility index (Phi) is 3.29. The van der Waals surface area contributed by atoms with Gasteiger partial charge in [-0.05, 0) is 6.42 Å². The van der Waals surface area contributed by atoms with Crippen LogP contribution < -0.4 is 11.5 Å². The average molecular weight is 201 g/mol. The van der Waals surface area contributed by atoms with Crippen molar-refractivity contribution >= 4 is 11.9 Å². The smallest absolute Gasteiger partial charge is 0.315 e. The van der Waals surface area contributed by atoms with Gasteiger partial charge in [0.1, 0.15) is 0 Å². The lowest BCUT2D eigenvalue weighted by Crippen LogP contribution is -2.64. The fourth-order valence-electron chi connectivity index (χ4n) is 1.68. The van der Waals surface area contributed by atoms with Crippen LogP contribution in [0.3, 0.4) is 0 Å². The number of hydrogen-bond acceptors (Lipinski definition) is 3. The number of nitrogens with two attached hydrogens (primary N) is 2. The van der Waals surface area contributed by atoms with Gasteiger partial charge in [0.25, 0.3) is 0 Å². The van der Waals surface area contributed by atoms with Gasteiger partial charge in [0.2, 0.25) is 5.91 Å². The molecule has 3 amide bonds. The van der Waals surface area contributed by atoms with Gasteiger partial charge < -0.3 is 21.1 Å². The molecule has 1 rings (SSSR count). The van der Waals surface area contributed by atoms with Crippen molar-refractivity contribution in [2.45, 2.75) is 12.5 Å². The number of ether oxygens (including phenoxy) is 1. The van der Waals surface area contributed by atoms with E-state index in [-0.39, 0.29) is 17.9 Å². The highest BCUT2D eigenvalue weighted by molar-refractivity contribution is 5.83. The number of hydrogen-bond donors (Lipinski definition) is 2. The van der Waals surface area contributed by atoms with Crippen LogP contribution in [0.5, 0.6) is 0 Å². The highest BCUT2D eigenvalue weighted by Gasteiger charge is 2.43. The Labute approximate surface area is 82.2 Å². The van der Waals surface area contributed by atoms with E-state index < -0.39 is 6.03 Å². The Morgan fingerprint density at radius 3 is 2.57 bits per heavy atom. The molecule has 0 aromatic rings. The van der Waals surface area contributed by atoms with Crippen LogP contribution in [0, 0.1) is 5.92 Å². The van der Waals surface area contributed by atoms with Crippen LogP contribution >= 0.6 is 0 Å². The number of urea groups is 1. The second-order valence-corrected chi connectivity index (χ2v) is 3.35. The number of carbonyl (C=O) groups is 2. The Balaban J connectivity index is 2.52. The fourth-order valence-corrected chi connectivity index (χ4v) is 1.68. The maximum atomic E-state index is 10.9. The molecule has 0 radical (unpaired) electrons. The quantitative estimate of drug-likeness (QED) is 0.603. The van der Waals surface area contributed by atoms with Gasteiger partial charge in [0, 0.05) is 26.3 Å². The Morgan fingerprint density at radius 2 is 2.14 bits per heavy atom. The van der Waals surface area contributed by atoms with Crippen molar-refractivity contribution in [2.24, 2.45) is 17.4 Å². The lowest BCUT2D eigenvalue weighted by atomic mass is 9.86. The highest BCUT2D eigenvalue weighted by atomic mass is 16.5. The molecule has 1 aliphatic heterocycles. The van der Waals surface area contributed by atoms with Crippen molar-refractivity contribution in [3.8, 4) is 0 Å². The molecule has 2 unspecified atom stereocenters. The van der Waals surface area contributed by atoms with E-state index in [9.17, 15) is 9.59 Å². The van der Waals surface area contributed by atoms with Crippen LogP contribution in [0.25, 0.3) is 0 Å². The number of primary amides is 2. The first-order valence-corrected chi connectivity index (χ1v) is 4.42. The van der Waals surface area contributed by atoms with Crippen molar-refractivity contribution in [2.75, 3.05) is 20.3 Å². The summed E-state index contributed by atoms with van der Waals surface area (Å²) in [5.41, 5.74) is 10.3. The number of likely N-dealkylation sites (tertiary alicyclic amines) is 1. The van der Waals surface area contributed by atoms with Gasteiger partial charge in [-0.1, -0.05) is 0 Å². The number of rotatable bonds is 4. The maximum absolute atomic E-state index is 10.9. The van der Waals surface area contributed by atoms with Gasteiger partial charge in [-0.2, -0.15) is 0 Å². The summed E-state index contributed by atoms with van der Waals surface area (Å²) in [6.07, 6.45) is 0.590. The molecule has 14 heavy (non-hydrogen) atoms. The van der Waals surface area contributed by atoms with Gasteiger partial charge in [-0.3, -0.25) is 4.79 Å². The van der Waals surface area contributed by atoms with Crippen LogP contribution in [-0.4, -0.2) is 43.1 Å². The van der Waals surface area contributed by atoms with E-state index in [0.717, 1.165) is 0 Å². The number of nitrogens with zero attached hydrogens (tertiary/aromatic N) is 1. The molecule has 80 valence electrons. The van der Waals surface area contributed by atoms with Crippen LogP contribution in [0.2, 0.25) is 0 Å². The summed E-state index contributed by atoms with van der Waals surface area (Å²) in [5, 5.41) is 0. The van der Waals surface area contributed by atoms with E-state index in [2.05, 4.69) is 0 Å². The van der Waals surface area contributed by atoms with E-state index >= 15 is 0 Å². The normalized spacial score (nSPS) is 25.6. The molecule has 1 saturated heterocycles. The predicted molar refractivity (Wildman–Crippen MR) is 49.3 cm³/mol. The summed E-state index contributed by atoms with van der Waals surface area (Å²) >= 11 is 0. The van der Waals surface area contributed by atoms with E-state index in [1.54, 1.807) is 7.11 Å². The monoisotopic (exact) mass is 201 g/mol. The molecule has 4 N–H and O–H groups in total. The molecular weight excluding hydrogens is 186 g/mol. The molecule has 0 saturated carbocycles. The molecule has 6 nitrogen and oxygen atoms in total. The third-order valence-electron chi connectivity index (χ3n) is 2.52. The Hall–Kier alpha value is -1.30. The van der Waals surface area contributed by atoms with E-state index in [1.165, 1.54) is 4.90 Å². The number of methoxy groups -OCH3 is 1. The average Bonchev–Trinajstić information content (AvgIpc) is 2.01. The topological polar surface area (TPSA) is 98.7 Å². The molecular formula is C8H15N3O3. The first-order chi connectivity index (χ1) is 6.57. The molecule has 0 aromatic carbocycles. The van der Waals surface area contributed by atoms with Gasteiger partial charge in [0.15, 0.2) is 0 Å². The van der Waals surface area contributed by atoms with Gasteiger partial charge in [-0.15, -0.1) is 0 Å². The van der Waals surface area contributed by atoms with Crippen LogP contribution in [0.1, 0.15) is 6.42 Å². The highest BCUT2D eigenvalue weighted by Crippen LogP contribution is 2.26. The SMILES string of the molecule is COCCC1C(C(N)=O)CN1C(N)=O. The molecule has 0 spiro atoms. The van der Waals surface area contributed by atoms with Gasteiger partial charge in [-0.25, -0.2) is 4.79 Å². The zero-order chi connectivity index (χ0) is 10.7. The largest absolute Gasteiger partial charge is 0.385 e. The first-order valence-electron chi connectivity index (χ1n) is 4.42. The molecule has 2 atom stereocenters. The second-order valence-electron chi connectivity index (χ2n) is 3.35. The zero-order valence-corrected chi connectivity index (χ0v) is 8.10. The summed E-state index contributed by atoms with van der Waals surface area (Å²) in [7, 11) is 1.56. The third kappa shape index (κ3) is 1.95. The second kappa shape index (κ2) is 4.28. The summed E-state index contributed by atoms with van der Waals surface area (Å²) in [6.45, 7) is 0.817. The fraction of sp³-hybridized carbons (Fsp3) is 0.750. The van der Waals surface area contributed by atoms with E-state index in [1.807, 2.05) is 0 Å². The summed E-state index contributed by atoms with van der Waals surface area (Å²) in [5.74, 6) is -0.666. The molecule has 1 aliphatic rings. The number of carbonyl (C=O) groups excluding carboxylic acids is 2. The van der Waals surface area contributed by atoms with Crippen LogP contribution in [0.4, 0.5) is 4.79 Å². The summed E-state index contributed by atoms with van der Waals surface area (Å²) in [6, 6.07) is -0.700. The Morgan fingerprint density at radius 1 is 1.50 bits per heavy atom. The molecule has 0 aliphatic carbocycles. The van der Waals surface area contributed by atoms with Crippen molar-refractivity contribution < 1.29 is 14.3 Å². The van der Waals surface area contributed by atoms with E-state index in [0.29, 0.717) is 19.6 Å². The van der Waals surface area contributed by atoms with Crippen LogP contribution in [0.15, 0.2) is 0 Å². The van der Waals surface area contributed by atoms with Crippen LogP contribution in [-0.2, 0) is 9.53 Å². The molecule has 6 heteroatoms. The Bertz CT molecular complexity index is 224. The molecule has 0 aromatic heterocycles. The lowest BCUT2D eigenvalue weighted by Gasteiger charge is -2.45. The van der Waals surface area contributed by atoms with Gasteiger partial charge >= 0.3 is 6.03 Å². The van der Waals surface area contributed by atoms with Crippen molar-refractivity contribution in [3.05, 3.63) is 0 Å². The third-order valence-corrected chi connectivity index (χ3v) is 2.52. The first kappa shape index (κ1) is 10.8.